The zero-order chi connectivity index (χ0) is 19.8. The second-order valence-electron chi connectivity index (χ2n) is 6.61. The van der Waals surface area contributed by atoms with Crippen LogP contribution in [-0.4, -0.2) is 15.3 Å². The Morgan fingerprint density at radius 3 is 2.61 bits per heavy atom. The Morgan fingerprint density at radius 2 is 1.82 bits per heavy atom. The maximum absolute atomic E-state index is 14.5. The largest absolute Gasteiger partial charge is 0.306 e. The van der Waals surface area contributed by atoms with E-state index < -0.39 is 11.6 Å². The number of nitrogens with zero attached hydrogens (tertiary/aromatic N) is 2. The monoisotopic (exact) mass is 377 g/mol. The summed E-state index contributed by atoms with van der Waals surface area (Å²) in [7, 11) is 0. The number of hydrogen-bond acceptors (Lipinski definition) is 2. The number of fused-ring (bicyclic) bond motifs is 1. The number of rotatable bonds is 3. The first-order valence-electron chi connectivity index (χ1n) is 8.76. The lowest BCUT2D eigenvalue weighted by molar-refractivity contribution is 0.102. The Kier molecular flexibility index (Phi) is 4.39. The Labute approximate surface area is 160 Å². The number of carbonyl (C=O) groups is 1. The Hall–Kier alpha value is -3.54. The average Bonchev–Trinajstić information content (AvgIpc) is 3.01. The molecule has 0 saturated carbocycles. The van der Waals surface area contributed by atoms with E-state index in [9.17, 15) is 13.6 Å². The number of carbonyl (C=O) groups excluding carboxylic acids is 1. The van der Waals surface area contributed by atoms with Gasteiger partial charge in [-0.3, -0.25) is 9.20 Å². The van der Waals surface area contributed by atoms with Gasteiger partial charge in [-0.05, 0) is 55.3 Å². The summed E-state index contributed by atoms with van der Waals surface area (Å²) in [5.41, 5.74) is 2.95. The second kappa shape index (κ2) is 6.88. The molecule has 1 N–H and O–H groups in total. The van der Waals surface area contributed by atoms with Crippen LogP contribution in [0.1, 0.15) is 21.5 Å². The molecular formula is C22H17F2N3O. The van der Waals surface area contributed by atoms with Gasteiger partial charge in [-0.1, -0.05) is 24.3 Å². The SMILES string of the molecule is Cc1ccn2c(NC(=O)c3ccccc3C)c(-c3cccc(F)c3F)nc2c1. The van der Waals surface area contributed by atoms with E-state index in [4.69, 9.17) is 0 Å². The predicted octanol–water partition coefficient (Wildman–Crippen LogP) is 5.15. The van der Waals surface area contributed by atoms with Crippen LogP contribution in [0.2, 0.25) is 0 Å². The van der Waals surface area contributed by atoms with Crippen LogP contribution >= 0.6 is 0 Å². The van der Waals surface area contributed by atoms with Crippen LogP contribution in [0.3, 0.4) is 0 Å². The molecule has 2 aromatic carbocycles. The molecule has 0 aliphatic carbocycles. The van der Waals surface area contributed by atoms with Crippen LogP contribution in [0.5, 0.6) is 0 Å². The van der Waals surface area contributed by atoms with Crippen molar-refractivity contribution in [2.75, 3.05) is 5.32 Å². The Bertz CT molecular complexity index is 1210. The molecule has 4 aromatic rings. The summed E-state index contributed by atoms with van der Waals surface area (Å²) in [5, 5.41) is 2.83. The summed E-state index contributed by atoms with van der Waals surface area (Å²) in [6.07, 6.45) is 1.74. The van der Waals surface area contributed by atoms with E-state index in [0.29, 0.717) is 11.2 Å². The van der Waals surface area contributed by atoms with Gasteiger partial charge in [0.1, 0.15) is 17.2 Å². The number of halogens is 2. The smallest absolute Gasteiger partial charge is 0.257 e. The van der Waals surface area contributed by atoms with Crippen molar-refractivity contribution < 1.29 is 13.6 Å². The minimum atomic E-state index is -1.01. The highest BCUT2D eigenvalue weighted by Crippen LogP contribution is 2.32. The van der Waals surface area contributed by atoms with E-state index >= 15 is 0 Å². The molecule has 0 aliphatic heterocycles. The number of aromatic nitrogens is 2. The summed E-state index contributed by atoms with van der Waals surface area (Å²) in [6, 6.07) is 14.7. The molecular weight excluding hydrogens is 360 g/mol. The highest BCUT2D eigenvalue weighted by Gasteiger charge is 2.21. The Morgan fingerprint density at radius 1 is 1.04 bits per heavy atom. The summed E-state index contributed by atoms with van der Waals surface area (Å²) in [6.45, 7) is 3.74. The average molecular weight is 377 g/mol. The van der Waals surface area contributed by atoms with Crippen molar-refractivity contribution in [3.63, 3.8) is 0 Å². The van der Waals surface area contributed by atoms with E-state index in [0.717, 1.165) is 17.2 Å². The summed E-state index contributed by atoms with van der Waals surface area (Å²) in [4.78, 5) is 17.3. The number of pyridine rings is 1. The fourth-order valence-corrected chi connectivity index (χ4v) is 3.14. The standard InChI is InChI=1S/C22H17F2N3O/c1-13-10-11-27-18(12-13)25-20(16-8-5-9-17(23)19(16)24)21(27)26-22(28)15-7-4-3-6-14(15)2/h3-12H,1-2H3,(H,26,28). The molecule has 0 radical (unpaired) electrons. The van der Waals surface area contributed by atoms with Crippen molar-refractivity contribution in [3.05, 3.63) is 89.1 Å². The van der Waals surface area contributed by atoms with Crippen LogP contribution < -0.4 is 5.32 Å². The van der Waals surface area contributed by atoms with Gasteiger partial charge in [0.05, 0.1) is 0 Å². The lowest BCUT2D eigenvalue weighted by Gasteiger charge is -2.10. The third-order valence-corrected chi connectivity index (χ3v) is 4.61. The number of aryl methyl sites for hydroxylation is 2. The van der Waals surface area contributed by atoms with Crippen LogP contribution in [-0.2, 0) is 0 Å². The van der Waals surface area contributed by atoms with E-state index in [1.165, 1.54) is 12.1 Å². The van der Waals surface area contributed by atoms with Crippen LogP contribution in [0.15, 0.2) is 60.8 Å². The van der Waals surface area contributed by atoms with E-state index in [1.807, 2.05) is 38.1 Å². The zero-order valence-corrected chi connectivity index (χ0v) is 15.3. The molecule has 0 fully saturated rings. The third-order valence-electron chi connectivity index (χ3n) is 4.61. The first-order valence-corrected chi connectivity index (χ1v) is 8.76. The first kappa shape index (κ1) is 17.9. The molecule has 4 rings (SSSR count). The molecule has 0 saturated heterocycles. The zero-order valence-electron chi connectivity index (χ0n) is 15.3. The molecule has 0 aliphatic rings. The highest BCUT2D eigenvalue weighted by molar-refractivity contribution is 6.06. The van der Waals surface area contributed by atoms with Gasteiger partial charge in [0.2, 0.25) is 0 Å². The van der Waals surface area contributed by atoms with Gasteiger partial charge in [0.15, 0.2) is 11.6 Å². The lowest BCUT2D eigenvalue weighted by Crippen LogP contribution is -2.15. The molecule has 28 heavy (non-hydrogen) atoms. The van der Waals surface area contributed by atoms with Gasteiger partial charge in [-0.15, -0.1) is 0 Å². The van der Waals surface area contributed by atoms with Gasteiger partial charge >= 0.3 is 0 Å². The highest BCUT2D eigenvalue weighted by atomic mass is 19.2. The molecule has 0 atom stereocenters. The third kappa shape index (κ3) is 3.03. The van der Waals surface area contributed by atoms with Crippen molar-refractivity contribution in [1.82, 2.24) is 9.38 Å². The fourth-order valence-electron chi connectivity index (χ4n) is 3.14. The number of nitrogens with one attached hydrogen (secondary N) is 1. The lowest BCUT2D eigenvalue weighted by atomic mass is 10.1. The normalized spacial score (nSPS) is 11.0. The van der Waals surface area contributed by atoms with E-state index in [1.54, 1.807) is 22.7 Å². The number of anilines is 1. The van der Waals surface area contributed by atoms with Crippen molar-refractivity contribution in [1.29, 1.82) is 0 Å². The minimum absolute atomic E-state index is 0.0126. The fraction of sp³-hybridized carbons (Fsp3) is 0.0909. The summed E-state index contributed by atoms with van der Waals surface area (Å²) >= 11 is 0. The molecule has 140 valence electrons. The van der Waals surface area contributed by atoms with Gasteiger partial charge < -0.3 is 5.32 Å². The number of hydrogen-bond donors (Lipinski definition) is 1. The predicted molar refractivity (Wildman–Crippen MR) is 104 cm³/mol. The van der Waals surface area contributed by atoms with Crippen LogP contribution in [0.4, 0.5) is 14.6 Å². The van der Waals surface area contributed by atoms with Gasteiger partial charge in [0, 0.05) is 17.3 Å². The number of amides is 1. The van der Waals surface area contributed by atoms with Crippen molar-refractivity contribution in [2.24, 2.45) is 0 Å². The summed E-state index contributed by atoms with van der Waals surface area (Å²) in [5.74, 6) is -2.04. The molecule has 2 heterocycles. The molecule has 1 amide bonds. The summed E-state index contributed by atoms with van der Waals surface area (Å²) < 4.78 is 29.9. The van der Waals surface area contributed by atoms with Gasteiger partial charge in [0.25, 0.3) is 5.91 Å². The van der Waals surface area contributed by atoms with E-state index in [2.05, 4.69) is 10.3 Å². The molecule has 0 unspecified atom stereocenters. The van der Waals surface area contributed by atoms with E-state index in [-0.39, 0.29) is 23.0 Å². The first-order chi connectivity index (χ1) is 13.5. The molecule has 2 aromatic heterocycles. The quantitative estimate of drug-likeness (QED) is 0.537. The molecule has 0 bridgehead atoms. The maximum atomic E-state index is 14.5. The van der Waals surface area contributed by atoms with Gasteiger partial charge in [-0.25, -0.2) is 13.8 Å². The van der Waals surface area contributed by atoms with Crippen molar-refractivity contribution in [3.8, 4) is 11.3 Å². The minimum Gasteiger partial charge on any atom is -0.306 e. The topological polar surface area (TPSA) is 46.4 Å². The number of imidazole rings is 1. The molecule has 0 spiro atoms. The van der Waals surface area contributed by atoms with Crippen LogP contribution in [0, 0.1) is 25.5 Å². The van der Waals surface area contributed by atoms with Crippen molar-refractivity contribution in [2.45, 2.75) is 13.8 Å². The van der Waals surface area contributed by atoms with Crippen molar-refractivity contribution >= 4 is 17.4 Å². The Balaban J connectivity index is 1.90. The molecule has 6 heteroatoms. The van der Waals surface area contributed by atoms with Gasteiger partial charge in [-0.2, -0.15) is 0 Å². The molecule has 4 nitrogen and oxygen atoms in total. The maximum Gasteiger partial charge on any atom is 0.257 e. The number of benzene rings is 2. The van der Waals surface area contributed by atoms with Crippen LogP contribution in [0.25, 0.3) is 16.9 Å². The second-order valence-corrected chi connectivity index (χ2v) is 6.61.